The molecule has 1 aliphatic rings. The molecule has 110 valence electrons. The molecule has 7 heteroatoms. The Hall–Kier alpha value is -2.02. The smallest absolute Gasteiger partial charge is 0.293 e. The molecule has 1 N–H and O–H groups in total. The number of furan rings is 1. The maximum absolute atomic E-state index is 12.3. The first-order valence-electron chi connectivity index (χ1n) is 6.89. The lowest BCUT2D eigenvalue weighted by molar-refractivity contribution is 0.0963. The third-order valence-corrected chi connectivity index (χ3v) is 4.49. The molecule has 3 rings (SSSR count). The molecule has 1 amide bonds. The Balaban J connectivity index is 1.86. The lowest BCUT2D eigenvalue weighted by Gasteiger charge is -2.07. The van der Waals surface area contributed by atoms with Crippen LogP contribution in [0, 0.1) is 6.92 Å². The van der Waals surface area contributed by atoms with Gasteiger partial charge in [-0.25, -0.2) is 0 Å². The minimum absolute atomic E-state index is 0.0562. The molecule has 2 heterocycles. The molecule has 0 aliphatic heterocycles. The summed E-state index contributed by atoms with van der Waals surface area (Å²) in [4.78, 5) is 24.2. The Kier molecular flexibility index (Phi) is 3.59. The normalized spacial score (nSPS) is 14.1. The first-order valence-corrected chi connectivity index (χ1v) is 7.71. The zero-order valence-electron chi connectivity index (χ0n) is 11.9. The maximum atomic E-state index is 12.3. The molecule has 1 aliphatic carbocycles. The fourth-order valence-corrected chi connectivity index (χ4v) is 3.14. The Morgan fingerprint density at radius 3 is 2.86 bits per heavy atom. The Morgan fingerprint density at radius 2 is 2.19 bits per heavy atom. The molecule has 2 aromatic rings. The number of aryl methyl sites for hydroxylation is 2. The number of nitrogens with zero attached hydrogens (tertiary/aromatic N) is 2. The van der Waals surface area contributed by atoms with Gasteiger partial charge in [0, 0.05) is 18.4 Å². The summed E-state index contributed by atoms with van der Waals surface area (Å²) in [6.07, 6.45) is 2.77. The number of amides is 1. The van der Waals surface area contributed by atoms with Crippen molar-refractivity contribution in [1.29, 1.82) is 0 Å². The number of Topliss-reactive ketones (excluding diaryl/α,β-unsaturated/α-hetero) is 1. The number of aromatic nitrogens is 2. The van der Waals surface area contributed by atoms with Crippen molar-refractivity contribution in [1.82, 2.24) is 10.2 Å². The molecule has 6 nitrogen and oxygen atoms in total. The molecule has 0 spiro atoms. The van der Waals surface area contributed by atoms with Crippen molar-refractivity contribution >= 4 is 28.2 Å². The van der Waals surface area contributed by atoms with Gasteiger partial charge in [-0.15, -0.1) is 10.2 Å². The number of carbonyl (C=O) groups is 2. The molecule has 0 saturated heterocycles. The van der Waals surface area contributed by atoms with E-state index in [4.69, 9.17) is 4.42 Å². The number of carbonyl (C=O) groups excluding carboxylic acids is 2. The predicted molar refractivity (Wildman–Crippen MR) is 78.0 cm³/mol. The van der Waals surface area contributed by atoms with Crippen LogP contribution in [0.15, 0.2) is 4.42 Å². The predicted octanol–water partition coefficient (Wildman–Crippen LogP) is 2.77. The van der Waals surface area contributed by atoms with Gasteiger partial charge in [-0.05, 0) is 19.8 Å². The summed E-state index contributed by atoms with van der Waals surface area (Å²) in [6, 6.07) is 0. The Bertz CT molecular complexity index is 717. The van der Waals surface area contributed by atoms with Crippen LogP contribution in [0.4, 0.5) is 5.13 Å². The van der Waals surface area contributed by atoms with E-state index in [-0.39, 0.29) is 17.5 Å². The second-order valence-corrected chi connectivity index (χ2v) is 6.00. The van der Waals surface area contributed by atoms with Crippen LogP contribution in [0.2, 0.25) is 0 Å². The molecule has 0 atom stereocenters. The van der Waals surface area contributed by atoms with Crippen molar-refractivity contribution in [2.75, 3.05) is 5.32 Å². The van der Waals surface area contributed by atoms with Gasteiger partial charge in [-0.1, -0.05) is 18.3 Å². The van der Waals surface area contributed by atoms with Gasteiger partial charge in [0.2, 0.25) is 5.13 Å². The average molecular weight is 305 g/mol. The second kappa shape index (κ2) is 5.40. The quantitative estimate of drug-likeness (QED) is 0.942. The molecule has 0 aromatic carbocycles. The van der Waals surface area contributed by atoms with Crippen molar-refractivity contribution < 1.29 is 14.0 Å². The number of hydrogen-bond donors (Lipinski definition) is 1. The topological polar surface area (TPSA) is 85.1 Å². The van der Waals surface area contributed by atoms with Gasteiger partial charge >= 0.3 is 0 Å². The van der Waals surface area contributed by atoms with Gasteiger partial charge in [-0.2, -0.15) is 0 Å². The SMILES string of the molecule is CCc1nnc(NC(=O)c2oc3c(c2C)C(=O)CCC3)s1. The van der Waals surface area contributed by atoms with Crippen LogP contribution in [0.1, 0.15) is 57.0 Å². The first-order chi connectivity index (χ1) is 10.1. The minimum Gasteiger partial charge on any atom is -0.455 e. The van der Waals surface area contributed by atoms with Crippen LogP contribution in [0.25, 0.3) is 0 Å². The average Bonchev–Trinajstić information content (AvgIpc) is 3.04. The number of fused-ring (bicyclic) bond motifs is 1. The largest absolute Gasteiger partial charge is 0.455 e. The summed E-state index contributed by atoms with van der Waals surface area (Å²) in [6.45, 7) is 3.72. The zero-order valence-corrected chi connectivity index (χ0v) is 12.7. The van der Waals surface area contributed by atoms with Crippen molar-refractivity contribution in [3.05, 3.63) is 27.7 Å². The molecular formula is C14H15N3O3S. The summed E-state index contributed by atoms with van der Waals surface area (Å²) in [5.74, 6) is 0.498. The molecule has 0 radical (unpaired) electrons. The second-order valence-electron chi connectivity index (χ2n) is 4.94. The third kappa shape index (κ3) is 2.49. The van der Waals surface area contributed by atoms with Crippen LogP contribution in [0.5, 0.6) is 0 Å². The molecular weight excluding hydrogens is 290 g/mol. The maximum Gasteiger partial charge on any atom is 0.293 e. The molecule has 21 heavy (non-hydrogen) atoms. The van der Waals surface area contributed by atoms with Gasteiger partial charge in [0.05, 0.1) is 5.56 Å². The highest BCUT2D eigenvalue weighted by atomic mass is 32.1. The van der Waals surface area contributed by atoms with Crippen molar-refractivity contribution in [2.24, 2.45) is 0 Å². The molecule has 0 fully saturated rings. The van der Waals surface area contributed by atoms with Gasteiger partial charge in [0.15, 0.2) is 11.5 Å². The van der Waals surface area contributed by atoms with Crippen LogP contribution >= 0.6 is 11.3 Å². The molecule has 0 bridgehead atoms. The molecule has 0 unspecified atom stereocenters. The van der Waals surface area contributed by atoms with Crippen LogP contribution in [0.3, 0.4) is 0 Å². The van der Waals surface area contributed by atoms with E-state index in [0.717, 1.165) is 17.8 Å². The van der Waals surface area contributed by atoms with Crippen molar-refractivity contribution in [3.63, 3.8) is 0 Å². The van der Waals surface area contributed by atoms with Crippen molar-refractivity contribution in [2.45, 2.75) is 39.5 Å². The summed E-state index contributed by atoms with van der Waals surface area (Å²) in [5.41, 5.74) is 1.20. The fourth-order valence-electron chi connectivity index (χ4n) is 2.47. The minimum atomic E-state index is -0.381. The van der Waals surface area contributed by atoms with Crippen molar-refractivity contribution in [3.8, 4) is 0 Å². The lowest BCUT2D eigenvalue weighted by atomic mass is 9.94. The van der Waals surface area contributed by atoms with Gasteiger partial charge < -0.3 is 4.42 Å². The van der Waals surface area contributed by atoms with Gasteiger partial charge in [0.1, 0.15) is 10.8 Å². The highest BCUT2D eigenvalue weighted by Crippen LogP contribution is 2.30. The first kappa shape index (κ1) is 13.9. The number of hydrogen-bond acceptors (Lipinski definition) is 6. The zero-order chi connectivity index (χ0) is 15.0. The van der Waals surface area contributed by atoms with E-state index in [2.05, 4.69) is 15.5 Å². The van der Waals surface area contributed by atoms with Crippen LogP contribution in [-0.4, -0.2) is 21.9 Å². The Labute approximate surface area is 125 Å². The Morgan fingerprint density at radius 1 is 1.38 bits per heavy atom. The van der Waals surface area contributed by atoms with Crippen LogP contribution in [-0.2, 0) is 12.8 Å². The molecule has 2 aromatic heterocycles. The summed E-state index contributed by atoms with van der Waals surface area (Å²) in [5, 5.41) is 11.8. The van der Waals surface area contributed by atoms with E-state index >= 15 is 0 Å². The number of rotatable bonds is 3. The van der Waals surface area contributed by atoms with Gasteiger partial charge in [0.25, 0.3) is 5.91 Å². The number of ketones is 1. The standard InChI is InChI=1S/C14H15N3O3S/c1-3-10-16-17-14(21-10)15-13(19)12-7(2)11-8(18)5-4-6-9(11)20-12/h3-6H2,1-2H3,(H,15,17,19). The highest BCUT2D eigenvalue weighted by molar-refractivity contribution is 7.15. The van der Waals surface area contributed by atoms with E-state index in [0.29, 0.717) is 34.9 Å². The summed E-state index contributed by atoms with van der Waals surface area (Å²) >= 11 is 1.33. The number of nitrogens with one attached hydrogen (secondary N) is 1. The molecule has 0 saturated carbocycles. The van der Waals surface area contributed by atoms with E-state index < -0.39 is 0 Å². The highest BCUT2D eigenvalue weighted by Gasteiger charge is 2.29. The summed E-state index contributed by atoms with van der Waals surface area (Å²) in [7, 11) is 0. The fraction of sp³-hybridized carbons (Fsp3) is 0.429. The monoisotopic (exact) mass is 305 g/mol. The summed E-state index contributed by atoms with van der Waals surface area (Å²) < 4.78 is 5.60. The number of anilines is 1. The van der Waals surface area contributed by atoms with E-state index in [1.54, 1.807) is 6.92 Å². The lowest BCUT2D eigenvalue weighted by Crippen LogP contribution is -2.13. The van der Waals surface area contributed by atoms with Gasteiger partial charge in [-0.3, -0.25) is 14.9 Å². The van der Waals surface area contributed by atoms with E-state index in [1.165, 1.54) is 11.3 Å². The van der Waals surface area contributed by atoms with Crippen LogP contribution < -0.4 is 5.32 Å². The third-order valence-electron chi connectivity index (χ3n) is 3.50. The van der Waals surface area contributed by atoms with E-state index in [1.807, 2.05) is 6.92 Å². The van der Waals surface area contributed by atoms with E-state index in [9.17, 15) is 9.59 Å².